The number of aromatic nitrogens is 2. The quantitative estimate of drug-likeness (QED) is 0.163. The van der Waals surface area contributed by atoms with Crippen molar-refractivity contribution in [3.8, 4) is 11.4 Å². The maximum absolute atomic E-state index is 2.68. The van der Waals surface area contributed by atoms with Crippen molar-refractivity contribution < 1.29 is 0 Å². The summed E-state index contributed by atoms with van der Waals surface area (Å²) >= 11 is 3.97. The van der Waals surface area contributed by atoms with Crippen molar-refractivity contribution in [3.63, 3.8) is 0 Å². The lowest BCUT2D eigenvalue weighted by atomic mass is 9.36. The first-order valence-corrected chi connectivity index (χ1v) is 33.6. The van der Waals surface area contributed by atoms with Gasteiger partial charge in [0.05, 0.1) is 39.1 Å². The lowest BCUT2D eigenvalue weighted by Gasteiger charge is -2.44. The summed E-state index contributed by atoms with van der Waals surface area (Å²) in [5.41, 5.74) is 23.4. The average molecular weight is 1190 g/mol. The summed E-state index contributed by atoms with van der Waals surface area (Å²) in [6.45, 7) is 35.0. The molecule has 2 aliphatic rings. The van der Waals surface area contributed by atoms with E-state index in [1.54, 1.807) is 0 Å². The highest BCUT2D eigenvalue weighted by molar-refractivity contribution is 7.35. The predicted octanol–water partition coefficient (Wildman–Crippen LogP) is 22.0. The number of nitrogens with zero attached hydrogens (tertiary/aromatic N) is 4. The minimum absolute atomic E-state index is 0.0197. The van der Waals surface area contributed by atoms with Crippen LogP contribution in [0.25, 0.3) is 85.2 Å². The van der Waals surface area contributed by atoms with Gasteiger partial charge < -0.3 is 18.9 Å². The first-order valence-electron chi connectivity index (χ1n) is 31.9. The number of thiophene rings is 2. The van der Waals surface area contributed by atoms with Gasteiger partial charge in [-0.15, -0.1) is 22.7 Å². The largest absolute Gasteiger partial charge is 0.311 e. The van der Waals surface area contributed by atoms with Gasteiger partial charge in [-0.05, 0) is 163 Å². The molecule has 89 heavy (non-hydrogen) atoms. The first-order chi connectivity index (χ1) is 42.3. The molecule has 0 aliphatic carbocycles. The molecule has 14 aromatic rings. The van der Waals surface area contributed by atoms with Gasteiger partial charge in [-0.3, -0.25) is 0 Å². The van der Waals surface area contributed by atoms with Crippen molar-refractivity contribution >= 4 is 153 Å². The zero-order valence-corrected chi connectivity index (χ0v) is 55.8. The lowest BCUT2D eigenvalue weighted by Crippen LogP contribution is -2.60. The van der Waals surface area contributed by atoms with Crippen LogP contribution in [0.1, 0.15) is 132 Å². The third-order valence-electron chi connectivity index (χ3n) is 19.7. The summed E-state index contributed by atoms with van der Waals surface area (Å²) in [4.78, 5) is 5.36. The van der Waals surface area contributed by atoms with Crippen LogP contribution in [0.3, 0.4) is 0 Å². The van der Waals surface area contributed by atoms with Crippen molar-refractivity contribution in [2.45, 2.75) is 131 Å². The predicted molar refractivity (Wildman–Crippen MR) is 391 cm³/mol. The SMILES string of the molecule is CC(C)(C)c1ccc(N2c3cc(-n4c5ccccc5c5ccccc54)cc4c3B(c3sc5ccc(C(C)(C)C)cc5c3N4c3ccc(C(C)(C)C)cc3)c3c2cc(-n2c4ccc(C(C)(C)C)cc4c4cc(C(C)(C)C)ccc42)c2c3sc3ccccc32)cc1. The van der Waals surface area contributed by atoms with Crippen LogP contribution in [0, 0.1) is 0 Å². The van der Waals surface area contributed by atoms with Crippen LogP contribution < -0.4 is 25.5 Å². The molecule has 440 valence electrons. The summed E-state index contributed by atoms with van der Waals surface area (Å²) in [5, 5.41) is 8.95. The molecule has 0 spiro atoms. The molecule has 0 amide bonds. The molecule has 6 heterocycles. The van der Waals surface area contributed by atoms with Crippen LogP contribution in [-0.4, -0.2) is 15.8 Å². The lowest BCUT2D eigenvalue weighted by molar-refractivity contribution is 0.590. The van der Waals surface area contributed by atoms with Crippen molar-refractivity contribution in [2.75, 3.05) is 9.80 Å². The van der Waals surface area contributed by atoms with Crippen LogP contribution in [-0.2, 0) is 27.1 Å². The Morgan fingerprint density at radius 3 is 1.25 bits per heavy atom. The number of benzene rings is 10. The number of hydrogen-bond acceptors (Lipinski definition) is 4. The van der Waals surface area contributed by atoms with Crippen molar-refractivity contribution in [1.82, 2.24) is 9.13 Å². The van der Waals surface area contributed by atoms with Gasteiger partial charge >= 0.3 is 0 Å². The minimum Gasteiger partial charge on any atom is -0.311 e. The molecule has 4 nitrogen and oxygen atoms in total. The fourth-order valence-corrected chi connectivity index (χ4v) is 17.4. The van der Waals surface area contributed by atoms with Crippen LogP contribution in [0.5, 0.6) is 0 Å². The van der Waals surface area contributed by atoms with E-state index in [0.29, 0.717) is 0 Å². The van der Waals surface area contributed by atoms with Gasteiger partial charge in [-0.2, -0.15) is 0 Å². The Hall–Kier alpha value is -8.36. The molecule has 2 aliphatic heterocycles. The highest BCUT2D eigenvalue weighted by Gasteiger charge is 2.48. The monoisotopic (exact) mass is 1190 g/mol. The normalized spacial score (nSPS) is 13.9. The topological polar surface area (TPSA) is 16.3 Å². The standard InChI is InChI=1S/C82H77BN4S2/c1-78(2,3)48-28-35-53(36-29-48)84-67-45-55(85-62-25-19-16-22-56(62)57-23-17-20-26-63(57)85)46-68-73(67)83(77-75(61-44-52(82(13,14)15)34-41-71(61)89-77)86(68)54-37-30-49(31-38-54)79(4,5)6)74-69(84)47-66(72-58-24-18-21-27-70(58)88-76(72)74)87-64-39-32-50(80(7,8)9)42-59(64)60-43-51(81(10,11)12)33-40-65(60)87/h16-47H,1-15H3. The van der Waals surface area contributed by atoms with Crippen molar-refractivity contribution in [2.24, 2.45) is 0 Å². The number of fused-ring (bicyclic) bond motifs is 16. The Labute approximate surface area is 532 Å². The van der Waals surface area contributed by atoms with E-state index < -0.39 is 0 Å². The molecule has 16 rings (SSSR count). The van der Waals surface area contributed by atoms with E-state index in [2.05, 4.69) is 317 Å². The fourth-order valence-electron chi connectivity index (χ4n) is 14.8. The number of rotatable bonds is 4. The number of para-hydroxylation sites is 2. The van der Waals surface area contributed by atoms with Gasteiger partial charge in [0.1, 0.15) is 0 Å². The van der Waals surface area contributed by atoms with E-state index in [1.165, 1.54) is 146 Å². The summed E-state index contributed by atoms with van der Waals surface area (Å²) in [6, 6.07) is 76.1. The highest BCUT2D eigenvalue weighted by atomic mass is 32.1. The van der Waals surface area contributed by atoms with Crippen molar-refractivity contribution in [1.29, 1.82) is 0 Å². The number of anilines is 6. The average Bonchev–Trinajstić information content (AvgIpc) is 1.66. The van der Waals surface area contributed by atoms with E-state index in [0.717, 1.165) is 17.1 Å². The molecule has 0 unspecified atom stereocenters. The van der Waals surface area contributed by atoms with Crippen LogP contribution >= 0.6 is 22.7 Å². The zero-order chi connectivity index (χ0) is 61.7. The molecule has 0 fully saturated rings. The fraction of sp³-hybridized carbons (Fsp3) is 0.244. The van der Waals surface area contributed by atoms with Crippen molar-refractivity contribution in [3.05, 3.63) is 222 Å². The molecular weight excluding hydrogens is 1120 g/mol. The van der Waals surface area contributed by atoms with Crippen LogP contribution in [0.4, 0.5) is 34.1 Å². The number of hydrogen-bond donors (Lipinski definition) is 0. The molecule has 0 saturated carbocycles. The van der Waals surface area contributed by atoms with E-state index in [9.17, 15) is 0 Å². The molecular formula is C82H77BN4S2. The smallest absolute Gasteiger partial charge is 0.266 e. The Kier molecular flexibility index (Phi) is 12.0. The summed E-state index contributed by atoms with van der Waals surface area (Å²) in [6.07, 6.45) is 0. The van der Waals surface area contributed by atoms with Gasteiger partial charge in [-0.1, -0.05) is 201 Å². The van der Waals surface area contributed by atoms with Gasteiger partial charge in [-0.25, -0.2) is 0 Å². The highest BCUT2D eigenvalue weighted by Crippen LogP contribution is 2.53. The van der Waals surface area contributed by atoms with Crippen LogP contribution in [0.15, 0.2) is 194 Å². The van der Waals surface area contributed by atoms with E-state index >= 15 is 0 Å². The first kappa shape index (κ1) is 55.9. The summed E-state index contributed by atoms with van der Waals surface area (Å²) < 4.78 is 10.5. The van der Waals surface area contributed by atoms with Gasteiger partial charge in [0.15, 0.2) is 0 Å². The summed E-state index contributed by atoms with van der Waals surface area (Å²) in [5.74, 6) is 0. The second kappa shape index (κ2) is 19.1. The molecule has 7 heteroatoms. The second-order valence-corrected chi connectivity index (χ2v) is 32.8. The van der Waals surface area contributed by atoms with Gasteiger partial charge in [0.2, 0.25) is 0 Å². The zero-order valence-electron chi connectivity index (χ0n) is 54.2. The third kappa shape index (κ3) is 8.50. The van der Waals surface area contributed by atoms with E-state index in [4.69, 9.17) is 0 Å². The second-order valence-electron chi connectivity index (χ2n) is 30.7. The Morgan fingerprint density at radius 2 is 0.719 bits per heavy atom. The van der Waals surface area contributed by atoms with E-state index in [-0.39, 0.29) is 33.8 Å². The van der Waals surface area contributed by atoms with Gasteiger partial charge in [0.25, 0.3) is 6.71 Å². The molecule has 4 aromatic heterocycles. The Bertz CT molecular complexity index is 5160. The molecule has 0 saturated heterocycles. The molecule has 0 N–H and O–H groups in total. The van der Waals surface area contributed by atoms with Crippen LogP contribution in [0.2, 0.25) is 0 Å². The molecule has 0 radical (unpaired) electrons. The minimum atomic E-state index is -0.130. The molecule has 0 bridgehead atoms. The summed E-state index contributed by atoms with van der Waals surface area (Å²) in [7, 11) is 0. The Balaban J connectivity index is 1.11. The van der Waals surface area contributed by atoms with Gasteiger partial charge in [0, 0.05) is 85.0 Å². The maximum Gasteiger partial charge on any atom is 0.266 e. The molecule has 10 aromatic carbocycles. The maximum atomic E-state index is 2.68. The third-order valence-corrected chi connectivity index (χ3v) is 22.1. The van der Waals surface area contributed by atoms with E-state index in [1.807, 2.05) is 22.7 Å². The molecule has 0 atom stereocenters. The Morgan fingerprint density at radius 1 is 0.303 bits per heavy atom.